The van der Waals surface area contributed by atoms with Crippen LogP contribution >= 0.6 is 0 Å². The Labute approximate surface area is 110 Å². The quantitative estimate of drug-likeness (QED) is 0.801. The number of nitrogens with zero attached hydrogens (tertiary/aromatic N) is 1. The molecule has 0 fully saturated rings. The molecule has 1 N–H and O–H groups in total. The van der Waals surface area contributed by atoms with Crippen molar-refractivity contribution in [1.82, 2.24) is 10.2 Å². The predicted molar refractivity (Wildman–Crippen MR) is 75.5 cm³/mol. The number of carbonyl (C=O) groups is 1. The first-order valence-electron chi connectivity index (χ1n) is 6.57. The Kier molecular flexibility index (Phi) is 6.44. The number of carbonyl (C=O) groups excluding carboxylic acids is 1. The highest BCUT2D eigenvalue weighted by Crippen LogP contribution is 2.04. The Bertz CT molecular complexity index is 349. The van der Waals surface area contributed by atoms with Crippen LogP contribution in [0.5, 0.6) is 0 Å². The number of benzene rings is 1. The van der Waals surface area contributed by atoms with Crippen LogP contribution < -0.4 is 5.32 Å². The van der Waals surface area contributed by atoms with E-state index in [0.717, 1.165) is 19.4 Å². The monoisotopic (exact) mass is 248 g/mol. The van der Waals surface area contributed by atoms with Crippen LogP contribution in [0.15, 0.2) is 30.3 Å². The minimum absolute atomic E-state index is 0.178. The van der Waals surface area contributed by atoms with Crippen molar-refractivity contribution < 1.29 is 4.79 Å². The van der Waals surface area contributed by atoms with Crippen molar-refractivity contribution in [3.05, 3.63) is 35.9 Å². The van der Waals surface area contributed by atoms with E-state index >= 15 is 0 Å². The molecular formula is C15H24N2O. The lowest BCUT2D eigenvalue weighted by Crippen LogP contribution is -2.31. The molecule has 1 atom stereocenters. The van der Waals surface area contributed by atoms with Crippen molar-refractivity contribution in [3.63, 3.8) is 0 Å². The largest absolute Gasteiger partial charge is 0.349 e. The third-order valence-corrected chi connectivity index (χ3v) is 3.04. The lowest BCUT2D eigenvalue weighted by Gasteiger charge is -2.15. The van der Waals surface area contributed by atoms with Gasteiger partial charge in [-0.1, -0.05) is 30.3 Å². The van der Waals surface area contributed by atoms with E-state index in [2.05, 4.69) is 36.5 Å². The van der Waals surface area contributed by atoms with Crippen molar-refractivity contribution >= 4 is 5.91 Å². The summed E-state index contributed by atoms with van der Waals surface area (Å²) in [4.78, 5) is 13.0. The van der Waals surface area contributed by atoms with Gasteiger partial charge in [0.2, 0.25) is 5.91 Å². The fourth-order valence-electron chi connectivity index (χ4n) is 1.78. The van der Waals surface area contributed by atoms with E-state index < -0.39 is 0 Å². The second-order valence-electron chi connectivity index (χ2n) is 4.92. The summed E-state index contributed by atoms with van der Waals surface area (Å²) in [7, 11) is 3.59. The van der Waals surface area contributed by atoms with Crippen molar-refractivity contribution in [2.75, 3.05) is 20.6 Å². The van der Waals surface area contributed by atoms with Gasteiger partial charge in [0.1, 0.15) is 0 Å². The number of aryl methyl sites for hydroxylation is 1. The second kappa shape index (κ2) is 7.88. The maximum absolute atomic E-state index is 11.4. The summed E-state index contributed by atoms with van der Waals surface area (Å²) in [6.45, 7) is 2.93. The molecule has 0 saturated heterocycles. The van der Waals surface area contributed by atoms with Crippen molar-refractivity contribution in [2.45, 2.75) is 32.2 Å². The van der Waals surface area contributed by atoms with Crippen LogP contribution in [0.2, 0.25) is 0 Å². The van der Waals surface area contributed by atoms with E-state index in [1.54, 1.807) is 19.0 Å². The van der Waals surface area contributed by atoms with E-state index in [1.165, 1.54) is 5.56 Å². The van der Waals surface area contributed by atoms with Gasteiger partial charge in [-0.15, -0.1) is 0 Å². The highest BCUT2D eigenvalue weighted by atomic mass is 16.2. The number of amides is 1. The number of hydrogen-bond donors (Lipinski definition) is 1. The first-order valence-corrected chi connectivity index (χ1v) is 6.57. The summed E-state index contributed by atoms with van der Waals surface area (Å²) < 4.78 is 0. The van der Waals surface area contributed by atoms with Gasteiger partial charge in [-0.2, -0.15) is 0 Å². The Hall–Kier alpha value is -1.35. The smallest absolute Gasteiger partial charge is 0.223 e. The molecule has 0 aliphatic heterocycles. The van der Waals surface area contributed by atoms with E-state index in [0.29, 0.717) is 12.5 Å². The van der Waals surface area contributed by atoms with E-state index in [9.17, 15) is 4.79 Å². The zero-order valence-electron chi connectivity index (χ0n) is 11.6. The summed E-state index contributed by atoms with van der Waals surface area (Å²) in [6, 6.07) is 10.9. The molecule has 0 bridgehead atoms. The van der Waals surface area contributed by atoms with Crippen LogP contribution in [0.4, 0.5) is 0 Å². The van der Waals surface area contributed by atoms with Gasteiger partial charge in [-0.25, -0.2) is 0 Å². The highest BCUT2D eigenvalue weighted by Gasteiger charge is 2.05. The normalized spacial score (nSPS) is 12.2. The van der Waals surface area contributed by atoms with Gasteiger partial charge in [0.15, 0.2) is 0 Å². The molecule has 1 aromatic rings. The van der Waals surface area contributed by atoms with Gasteiger partial charge in [0.25, 0.3) is 0 Å². The highest BCUT2D eigenvalue weighted by molar-refractivity contribution is 5.75. The first-order chi connectivity index (χ1) is 8.59. The zero-order chi connectivity index (χ0) is 13.4. The molecule has 0 spiro atoms. The fraction of sp³-hybridized carbons (Fsp3) is 0.533. The maximum Gasteiger partial charge on any atom is 0.223 e. The molecule has 100 valence electrons. The van der Waals surface area contributed by atoms with Crippen LogP contribution in [-0.4, -0.2) is 37.5 Å². The molecule has 0 saturated carbocycles. The second-order valence-corrected chi connectivity index (χ2v) is 4.92. The van der Waals surface area contributed by atoms with E-state index in [-0.39, 0.29) is 5.91 Å². The van der Waals surface area contributed by atoms with E-state index in [4.69, 9.17) is 0 Å². The SMILES string of the molecule is CC(CCc1ccccc1)NCCC(=O)N(C)C. The van der Waals surface area contributed by atoms with Crippen LogP contribution in [0.25, 0.3) is 0 Å². The third kappa shape index (κ3) is 5.82. The molecule has 3 nitrogen and oxygen atoms in total. The molecule has 1 amide bonds. The van der Waals surface area contributed by atoms with Crippen LogP contribution in [0.1, 0.15) is 25.3 Å². The molecule has 1 rings (SSSR count). The minimum Gasteiger partial charge on any atom is -0.349 e. The first kappa shape index (κ1) is 14.7. The molecule has 1 aromatic carbocycles. The summed E-state index contributed by atoms with van der Waals surface area (Å²) in [5.74, 6) is 0.178. The minimum atomic E-state index is 0.178. The van der Waals surface area contributed by atoms with Crippen LogP contribution in [-0.2, 0) is 11.2 Å². The van der Waals surface area contributed by atoms with Crippen molar-refractivity contribution in [1.29, 1.82) is 0 Å². The van der Waals surface area contributed by atoms with Crippen molar-refractivity contribution in [3.8, 4) is 0 Å². The Morgan fingerprint density at radius 2 is 1.94 bits per heavy atom. The van der Waals surface area contributed by atoms with Gasteiger partial charge in [-0.3, -0.25) is 4.79 Å². The molecule has 0 aliphatic rings. The van der Waals surface area contributed by atoms with Crippen LogP contribution in [0.3, 0.4) is 0 Å². The zero-order valence-corrected chi connectivity index (χ0v) is 11.6. The molecule has 1 unspecified atom stereocenters. The summed E-state index contributed by atoms with van der Waals surface area (Å²) in [5, 5.41) is 3.39. The van der Waals surface area contributed by atoms with E-state index in [1.807, 2.05) is 6.07 Å². The average Bonchev–Trinajstić information content (AvgIpc) is 2.37. The topological polar surface area (TPSA) is 32.3 Å². The molecule has 0 aromatic heterocycles. The molecule has 18 heavy (non-hydrogen) atoms. The van der Waals surface area contributed by atoms with Gasteiger partial charge >= 0.3 is 0 Å². The Morgan fingerprint density at radius 3 is 2.56 bits per heavy atom. The number of hydrogen-bond acceptors (Lipinski definition) is 2. The molecule has 0 heterocycles. The summed E-state index contributed by atoms with van der Waals surface area (Å²) in [6.07, 6.45) is 2.75. The Morgan fingerprint density at radius 1 is 1.28 bits per heavy atom. The molecular weight excluding hydrogens is 224 g/mol. The average molecular weight is 248 g/mol. The van der Waals surface area contributed by atoms with Gasteiger partial charge in [0.05, 0.1) is 0 Å². The molecule has 0 aliphatic carbocycles. The molecule has 3 heteroatoms. The van der Waals surface area contributed by atoms with Crippen molar-refractivity contribution in [2.24, 2.45) is 0 Å². The lowest BCUT2D eigenvalue weighted by atomic mass is 10.1. The standard InChI is InChI=1S/C15H24N2O/c1-13(16-12-11-15(18)17(2)3)9-10-14-7-5-4-6-8-14/h4-8,13,16H,9-12H2,1-3H3. The fourth-order valence-corrected chi connectivity index (χ4v) is 1.78. The van der Waals surface area contributed by atoms with Gasteiger partial charge in [0, 0.05) is 33.1 Å². The number of rotatable bonds is 7. The lowest BCUT2D eigenvalue weighted by molar-refractivity contribution is -0.128. The Balaban J connectivity index is 2.14. The summed E-state index contributed by atoms with van der Waals surface area (Å²) in [5.41, 5.74) is 1.37. The van der Waals surface area contributed by atoms with Crippen LogP contribution in [0, 0.1) is 0 Å². The third-order valence-electron chi connectivity index (χ3n) is 3.04. The summed E-state index contributed by atoms with van der Waals surface area (Å²) >= 11 is 0. The van der Waals surface area contributed by atoms with Gasteiger partial charge in [-0.05, 0) is 25.3 Å². The molecule has 0 radical (unpaired) electrons. The maximum atomic E-state index is 11.4. The number of nitrogens with one attached hydrogen (secondary N) is 1. The predicted octanol–water partition coefficient (Wildman–Crippen LogP) is 2.08. The van der Waals surface area contributed by atoms with Gasteiger partial charge < -0.3 is 10.2 Å².